The molecule has 0 aliphatic carbocycles. The largest absolute Gasteiger partial charge is 0.396 e. The van der Waals surface area contributed by atoms with Crippen molar-refractivity contribution in [1.29, 1.82) is 0 Å². The van der Waals surface area contributed by atoms with Crippen LogP contribution in [0.15, 0.2) is 0 Å². The smallest absolute Gasteiger partial charge is 0.0616 e. The summed E-state index contributed by atoms with van der Waals surface area (Å²) in [5.41, 5.74) is -0.728. The summed E-state index contributed by atoms with van der Waals surface area (Å²) in [6, 6.07) is 0. The van der Waals surface area contributed by atoms with Crippen LogP contribution in [0.3, 0.4) is 0 Å². The number of aliphatic hydroxyl groups excluding tert-OH is 3. The highest BCUT2D eigenvalue weighted by atomic mass is 16.3. The van der Waals surface area contributed by atoms with E-state index in [9.17, 15) is 0 Å². The normalized spacial score (nSPS) is 12.9. The molecule has 4 nitrogen and oxygen atoms in total. The lowest BCUT2D eigenvalue weighted by Gasteiger charge is -2.17. The topological polar surface area (TPSA) is 80.9 Å². The summed E-state index contributed by atoms with van der Waals surface area (Å²) >= 11 is 0. The maximum atomic E-state index is 9.03. The molecule has 4 heteroatoms. The van der Waals surface area contributed by atoms with E-state index in [2.05, 4.69) is 0 Å². The van der Waals surface area contributed by atoms with Gasteiger partial charge < -0.3 is 20.4 Å². The fourth-order valence-electron chi connectivity index (χ4n) is 1.30. The van der Waals surface area contributed by atoms with E-state index >= 15 is 0 Å². The van der Waals surface area contributed by atoms with Gasteiger partial charge in [-0.05, 0) is 33.6 Å². The summed E-state index contributed by atoms with van der Waals surface area (Å²) in [7, 11) is 0. The van der Waals surface area contributed by atoms with Crippen molar-refractivity contribution in [1.82, 2.24) is 0 Å². The van der Waals surface area contributed by atoms with Crippen molar-refractivity contribution in [3.8, 4) is 0 Å². The maximum Gasteiger partial charge on any atom is 0.0616 e. The van der Waals surface area contributed by atoms with Gasteiger partial charge in [0.2, 0.25) is 0 Å². The zero-order chi connectivity index (χ0) is 13.0. The highest BCUT2D eigenvalue weighted by molar-refractivity contribution is 4.67. The number of unbranched alkanes of at least 4 members (excludes halogenated alkanes) is 3. The minimum Gasteiger partial charge on any atom is -0.396 e. The molecule has 0 bridgehead atoms. The molecule has 0 aliphatic heterocycles. The molecule has 1 unspecified atom stereocenters. The van der Waals surface area contributed by atoms with Gasteiger partial charge in [-0.15, -0.1) is 0 Å². The van der Waals surface area contributed by atoms with Crippen LogP contribution in [0.4, 0.5) is 0 Å². The van der Waals surface area contributed by atoms with Gasteiger partial charge in [-0.25, -0.2) is 0 Å². The second-order valence-electron chi connectivity index (χ2n) is 4.73. The Morgan fingerprint density at radius 3 is 1.44 bits per heavy atom. The van der Waals surface area contributed by atoms with E-state index in [-0.39, 0.29) is 13.2 Å². The van der Waals surface area contributed by atoms with Gasteiger partial charge in [0.1, 0.15) is 0 Å². The Hall–Kier alpha value is -0.160. The molecule has 0 radical (unpaired) electrons. The van der Waals surface area contributed by atoms with Crippen LogP contribution in [0, 0.1) is 0 Å². The molecule has 0 heterocycles. The lowest BCUT2D eigenvalue weighted by molar-refractivity contribution is 0.0249. The van der Waals surface area contributed by atoms with Gasteiger partial charge in [0.25, 0.3) is 0 Å². The summed E-state index contributed by atoms with van der Waals surface area (Å²) in [4.78, 5) is 0. The van der Waals surface area contributed by atoms with E-state index < -0.39 is 11.7 Å². The van der Waals surface area contributed by atoms with Gasteiger partial charge in [-0.2, -0.15) is 0 Å². The van der Waals surface area contributed by atoms with E-state index in [0.717, 1.165) is 25.7 Å². The van der Waals surface area contributed by atoms with E-state index in [0.29, 0.717) is 6.42 Å². The van der Waals surface area contributed by atoms with Gasteiger partial charge in [0.05, 0.1) is 11.7 Å². The standard InChI is InChI=1S/2C6H14O2/c1-5(7)4-6(2,3)8;7-5-3-1-2-4-6-8/h5,7-8H,4H2,1-3H3;7-8H,1-6H2. The Kier molecular flexibility index (Phi) is 12.9. The SMILES string of the molecule is CC(O)CC(C)(C)O.OCCCCCCO. The van der Waals surface area contributed by atoms with Crippen LogP contribution in [-0.4, -0.2) is 45.3 Å². The third-order valence-electron chi connectivity index (χ3n) is 1.86. The molecular weight excluding hydrogens is 208 g/mol. The first-order chi connectivity index (χ1) is 7.33. The van der Waals surface area contributed by atoms with Crippen LogP contribution in [0.1, 0.15) is 52.9 Å². The van der Waals surface area contributed by atoms with E-state index in [1.807, 2.05) is 0 Å². The van der Waals surface area contributed by atoms with Crippen LogP contribution in [0.25, 0.3) is 0 Å². The lowest BCUT2D eigenvalue weighted by atomic mass is 10.0. The zero-order valence-corrected chi connectivity index (χ0v) is 10.8. The van der Waals surface area contributed by atoms with Crippen LogP contribution >= 0.6 is 0 Å². The van der Waals surface area contributed by atoms with Crippen molar-refractivity contribution < 1.29 is 20.4 Å². The Morgan fingerprint density at radius 2 is 1.31 bits per heavy atom. The summed E-state index contributed by atoms with van der Waals surface area (Å²) in [6.07, 6.45) is 3.86. The van der Waals surface area contributed by atoms with Crippen molar-refractivity contribution in [2.75, 3.05) is 13.2 Å². The van der Waals surface area contributed by atoms with Crippen LogP contribution in [-0.2, 0) is 0 Å². The average Bonchev–Trinajstić information content (AvgIpc) is 2.09. The number of aliphatic hydroxyl groups is 4. The Balaban J connectivity index is 0. The number of hydrogen-bond acceptors (Lipinski definition) is 4. The van der Waals surface area contributed by atoms with Crippen molar-refractivity contribution in [3.63, 3.8) is 0 Å². The highest BCUT2D eigenvalue weighted by Crippen LogP contribution is 2.09. The van der Waals surface area contributed by atoms with Crippen LogP contribution in [0.5, 0.6) is 0 Å². The number of rotatable bonds is 7. The predicted octanol–water partition coefficient (Wildman–Crippen LogP) is 1.06. The molecule has 0 aromatic rings. The molecule has 100 valence electrons. The quantitative estimate of drug-likeness (QED) is 0.498. The van der Waals surface area contributed by atoms with Crippen LogP contribution < -0.4 is 0 Å². The first kappa shape index (κ1) is 18.2. The van der Waals surface area contributed by atoms with Crippen molar-refractivity contribution in [2.24, 2.45) is 0 Å². The first-order valence-corrected chi connectivity index (χ1v) is 5.95. The Bertz CT molecular complexity index is 123. The van der Waals surface area contributed by atoms with Crippen molar-refractivity contribution in [3.05, 3.63) is 0 Å². The Morgan fingerprint density at radius 1 is 0.938 bits per heavy atom. The summed E-state index contributed by atoms with van der Waals surface area (Å²) in [5.74, 6) is 0. The van der Waals surface area contributed by atoms with E-state index in [4.69, 9.17) is 20.4 Å². The molecule has 1 atom stereocenters. The molecule has 0 aliphatic rings. The van der Waals surface area contributed by atoms with Crippen molar-refractivity contribution >= 4 is 0 Å². The highest BCUT2D eigenvalue weighted by Gasteiger charge is 2.14. The third kappa shape index (κ3) is 23.6. The Labute approximate surface area is 98.9 Å². The van der Waals surface area contributed by atoms with Gasteiger partial charge >= 0.3 is 0 Å². The summed E-state index contributed by atoms with van der Waals surface area (Å²) in [5, 5.41) is 34.4. The van der Waals surface area contributed by atoms with Crippen LogP contribution in [0.2, 0.25) is 0 Å². The molecule has 16 heavy (non-hydrogen) atoms. The monoisotopic (exact) mass is 236 g/mol. The summed E-state index contributed by atoms with van der Waals surface area (Å²) < 4.78 is 0. The van der Waals surface area contributed by atoms with Gasteiger partial charge in [0.15, 0.2) is 0 Å². The molecular formula is C12H28O4. The molecule has 0 saturated carbocycles. The molecule has 0 rings (SSSR count). The minimum atomic E-state index is -0.728. The number of hydrogen-bond donors (Lipinski definition) is 4. The first-order valence-electron chi connectivity index (χ1n) is 5.95. The molecule has 0 saturated heterocycles. The van der Waals surface area contributed by atoms with Gasteiger partial charge in [0, 0.05) is 19.6 Å². The minimum absolute atomic E-state index is 0.283. The molecule has 4 N–H and O–H groups in total. The second-order valence-corrected chi connectivity index (χ2v) is 4.73. The fourth-order valence-corrected chi connectivity index (χ4v) is 1.30. The fraction of sp³-hybridized carbons (Fsp3) is 1.00. The molecule has 0 aromatic carbocycles. The predicted molar refractivity (Wildman–Crippen MR) is 65.2 cm³/mol. The third-order valence-corrected chi connectivity index (χ3v) is 1.86. The maximum absolute atomic E-state index is 9.03. The molecule has 0 spiro atoms. The summed E-state index contributed by atoms with van der Waals surface area (Å²) in [6.45, 7) is 5.59. The molecule has 0 aromatic heterocycles. The molecule has 0 amide bonds. The average molecular weight is 236 g/mol. The van der Waals surface area contributed by atoms with Gasteiger partial charge in [-0.3, -0.25) is 0 Å². The van der Waals surface area contributed by atoms with Crippen molar-refractivity contribution in [2.45, 2.75) is 64.6 Å². The van der Waals surface area contributed by atoms with E-state index in [1.54, 1.807) is 20.8 Å². The zero-order valence-electron chi connectivity index (χ0n) is 10.8. The lowest BCUT2D eigenvalue weighted by Crippen LogP contribution is -2.24. The van der Waals surface area contributed by atoms with E-state index in [1.165, 1.54) is 0 Å². The molecule has 0 fully saturated rings. The van der Waals surface area contributed by atoms with Gasteiger partial charge in [-0.1, -0.05) is 12.8 Å². The second kappa shape index (κ2) is 11.3.